The number of benzene rings is 1. The topological polar surface area (TPSA) is 72.5 Å². The first-order valence-corrected chi connectivity index (χ1v) is 7.99. The zero-order valence-corrected chi connectivity index (χ0v) is 12.7. The molecule has 0 spiro atoms. The van der Waals surface area contributed by atoms with Crippen molar-refractivity contribution in [2.75, 3.05) is 6.61 Å². The molecule has 4 heteroatoms. The molecule has 0 heterocycles. The molecule has 2 aliphatic carbocycles. The lowest BCUT2D eigenvalue weighted by atomic mass is 9.89. The molecule has 2 atom stereocenters. The standard InChI is InChI=1S/C18H23NO3/c19-16-10-6-13(7-11-16)12-22-17(20)18(21,15-8-9-15)14-4-2-1-3-5-14/h1-6,15-16,21H,7-12,19H2/t16-,18+/m1/s1. The SMILES string of the molecule is N[C@@H]1CC=C(COC(=O)[C@](O)(c2ccccc2)C2CC2)CC1. The highest BCUT2D eigenvalue weighted by Gasteiger charge is 2.52. The fourth-order valence-electron chi connectivity index (χ4n) is 3.02. The minimum Gasteiger partial charge on any atom is -0.459 e. The molecule has 118 valence electrons. The molecule has 22 heavy (non-hydrogen) atoms. The molecule has 0 saturated heterocycles. The third kappa shape index (κ3) is 3.08. The van der Waals surface area contributed by atoms with Crippen LogP contribution in [0.5, 0.6) is 0 Å². The van der Waals surface area contributed by atoms with Crippen LogP contribution in [-0.2, 0) is 15.1 Å². The number of carbonyl (C=O) groups is 1. The van der Waals surface area contributed by atoms with E-state index in [9.17, 15) is 9.90 Å². The van der Waals surface area contributed by atoms with E-state index in [-0.39, 0.29) is 18.6 Å². The Labute approximate surface area is 131 Å². The molecule has 0 aliphatic heterocycles. The summed E-state index contributed by atoms with van der Waals surface area (Å²) in [7, 11) is 0. The second-order valence-corrected chi connectivity index (χ2v) is 6.38. The van der Waals surface area contributed by atoms with Crippen LogP contribution in [0.4, 0.5) is 0 Å². The van der Waals surface area contributed by atoms with Crippen molar-refractivity contribution in [2.45, 2.75) is 43.7 Å². The van der Waals surface area contributed by atoms with Gasteiger partial charge in [0, 0.05) is 12.0 Å². The average Bonchev–Trinajstić information content (AvgIpc) is 3.39. The van der Waals surface area contributed by atoms with Crippen LogP contribution in [0.2, 0.25) is 0 Å². The summed E-state index contributed by atoms with van der Waals surface area (Å²) in [6, 6.07) is 9.34. The van der Waals surface area contributed by atoms with Crippen LogP contribution in [0, 0.1) is 5.92 Å². The number of esters is 1. The first kappa shape index (κ1) is 15.3. The van der Waals surface area contributed by atoms with Crippen LogP contribution in [0.25, 0.3) is 0 Å². The van der Waals surface area contributed by atoms with E-state index < -0.39 is 11.6 Å². The van der Waals surface area contributed by atoms with Gasteiger partial charge in [0.05, 0.1) is 0 Å². The van der Waals surface area contributed by atoms with Gasteiger partial charge in [-0.15, -0.1) is 0 Å². The van der Waals surface area contributed by atoms with Crippen LogP contribution >= 0.6 is 0 Å². The van der Waals surface area contributed by atoms with Crippen LogP contribution in [0.15, 0.2) is 42.0 Å². The second kappa shape index (κ2) is 6.23. The van der Waals surface area contributed by atoms with E-state index in [0.717, 1.165) is 37.7 Å². The number of rotatable bonds is 5. The van der Waals surface area contributed by atoms with E-state index >= 15 is 0 Å². The Bertz CT molecular complexity index is 565. The molecule has 0 aromatic heterocycles. The number of nitrogens with two attached hydrogens (primary N) is 1. The lowest BCUT2D eigenvalue weighted by Crippen LogP contribution is -2.40. The van der Waals surface area contributed by atoms with Gasteiger partial charge in [0.1, 0.15) is 6.61 Å². The fraction of sp³-hybridized carbons (Fsp3) is 0.500. The van der Waals surface area contributed by atoms with Crippen molar-refractivity contribution in [3.8, 4) is 0 Å². The van der Waals surface area contributed by atoms with E-state index in [0.29, 0.717) is 5.56 Å². The summed E-state index contributed by atoms with van der Waals surface area (Å²) < 4.78 is 5.44. The Morgan fingerprint density at radius 3 is 2.59 bits per heavy atom. The fourth-order valence-corrected chi connectivity index (χ4v) is 3.02. The van der Waals surface area contributed by atoms with Crippen molar-refractivity contribution < 1.29 is 14.6 Å². The van der Waals surface area contributed by atoms with E-state index in [4.69, 9.17) is 10.5 Å². The Kier molecular flexibility index (Phi) is 4.32. The summed E-state index contributed by atoms with van der Waals surface area (Å²) in [5, 5.41) is 10.9. The summed E-state index contributed by atoms with van der Waals surface area (Å²) in [4.78, 5) is 12.5. The summed E-state index contributed by atoms with van der Waals surface area (Å²) in [6.45, 7) is 0.257. The minimum atomic E-state index is -1.51. The molecule has 0 amide bonds. The predicted octanol–water partition coefficient (Wildman–Crippen LogP) is 2.26. The van der Waals surface area contributed by atoms with Gasteiger partial charge in [-0.2, -0.15) is 0 Å². The molecule has 1 aromatic carbocycles. The van der Waals surface area contributed by atoms with E-state index in [1.54, 1.807) is 12.1 Å². The molecule has 1 saturated carbocycles. The van der Waals surface area contributed by atoms with Crippen molar-refractivity contribution in [1.29, 1.82) is 0 Å². The maximum atomic E-state index is 12.5. The molecule has 3 N–H and O–H groups in total. The van der Waals surface area contributed by atoms with Gasteiger partial charge in [-0.3, -0.25) is 0 Å². The highest BCUT2D eigenvalue weighted by Crippen LogP contribution is 2.46. The largest absolute Gasteiger partial charge is 0.459 e. The summed E-state index contributed by atoms with van der Waals surface area (Å²) in [6.07, 6.45) is 6.39. The second-order valence-electron chi connectivity index (χ2n) is 6.38. The monoisotopic (exact) mass is 301 g/mol. The van der Waals surface area contributed by atoms with Crippen molar-refractivity contribution in [1.82, 2.24) is 0 Å². The smallest absolute Gasteiger partial charge is 0.343 e. The highest BCUT2D eigenvalue weighted by molar-refractivity contribution is 5.82. The molecular weight excluding hydrogens is 278 g/mol. The average molecular weight is 301 g/mol. The zero-order valence-electron chi connectivity index (χ0n) is 12.7. The quantitative estimate of drug-likeness (QED) is 0.646. The van der Waals surface area contributed by atoms with Gasteiger partial charge < -0.3 is 15.6 Å². The van der Waals surface area contributed by atoms with E-state index in [1.807, 2.05) is 18.2 Å². The zero-order chi connectivity index (χ0) is 15.6. The summed E-state index contributed by atoms with van der Waals surface area (Å²) in [5.74, 6) is -0.562. The van der Waals surface area contributed by atoms with Crippen molar-refractivity contribution >= 4 is 5.97 Å². The maximum absolute atomic E-state index is 12.5. The molecule has 2 aliphatic rings. The van der Waals surface area contributed by atoms with Gasteiger partial charge in [-0.05, 0) is 43.2 Å². The van der Waals surface area contributed by atoms with Gasteiger partial charge >= 0.3 is 5.97 Å². The number of aliphatic hydroxyl groups is 1. The van der Waals surface area contributed by atoms with Crippen molar-refractivity contribution in [3.63, 3.8) is 0 Å². The number of ether oxygens (including phenoxy) is 1. The number of hydrogen-bond donors (Lipinski definition) is 2. The highest BCUT2D eigenvalue weighted by atomic mass is 16.5. The van der Waals surface area contributed by atoms with Crippen molar-refractivity contribution in [2.24, 2.45) is 11.7 Å². The normalized spacial score (nSPS) is 24.3. The third-order valence-corrected chi connectivity index (χ3v) is 4.63. The lowest BCUT2D eigenvalue weighted by Gasteiger charge is -2.27. The molecule has 0 unspecified atom stereocenters. The third-order valence-electron chi connectivity index (χ3n) is 4.63. The van der Waals surface area contributed by atoms with Gasteiger partial charge in [0.15, 0.2) is 5.60 Å². The molecule has 1 aromatic rings. The molecule has 3 rings (SSSR count). The van der Waals surface area contributed by atoms with Crippen LogP contribution in [0.1, 0.15) is 37.7 Å². The molecule has 0 radical (unpaired) electrons. The van der Waals surface area contributed by atoms with Gasteiger partial charge in [0.2, 0.25) is 0 Å². The molecule has 1 fully saturated rings. The molecule has 4 nitrogen and oxygen atoms in total. The maximum Gasteiger partial charge on any atom is 0.343 e. The van der Waals surface area contributed by atoms with Gasteiger partial charge in [-0.25, -0.2) is 4.79 Å². The van der Waals surface area contributed by atoms with Crippen LogP contribution in [0.3, 0.4) is 0 Å². The number of carbonyl (C=O) groups excluding carboxylic acids is 1. The van der Waals surface area contributed by atoms with Gasteiger partial charge in [0.25, 0.3) is 0 Å². The Morgan fingerprint density at radius 1 is 1.27 bits per heavy atom. The van der Waals surface area contributed by atoms with E-state index in [1.165, 1.54) is 0 Å². The first-order valence-electron chi connectivity index (χ1n) is 7.99. The Balaban J connectivity index is 1.69. The summed E-state index contributed by atoms with van der Waals surface area (Å²) >= 11 is 0. The summed E-state index contributed by atoms with van der Waals surface area (Å²) in [5.41, 5.74) is 6.07. The van der Waals surface area contributed by atoms with Crippen molar-refractivity contribution in [3.05, 3.63) is 47.5 Å². The predicted molar refractivity (Wildman–Crippen MR) is 83.9 cm³/mol. The minimum absolute atomic E-state index is 0.0313. The Hall–Kier alpha value is -1.65. The molecular formula is C18H23NO3. The van der Waals surface area contributed by atoms with Crippen LogP contribution in [-0.4, -0.2) is 23.7 Å². The first-order chi connectivity index (χ1) is 10.6. The van der Waals surface area contributed by atoms with Crippen LogP contribution < -0.4 is 5.73 Å². The molecule has 0 bridgehead atoms. The Morgan fingerprint density at radius 2 is 2.00 bits per heavy atom. The lowest BCUT2D eigenvalue weighted by molar-refractivity contribution is -0.168. The van der Waals surface area contributed by atoms with Gasteiger partial charge in [-0.1, -0.05) is 36.4 Å². The van der Waals surface area contributed by atoms with E-state index in [2.05, 4.69) is 6.08 Å². The number of hydrogen-bond acceptors (Lipinski definition) is 4.